The molecule has 1 rings (SSSR count). The first kappa shape index (κ1) is 14.7. The Morgan fingerprint density at radius 1 is 1.44 bits per heavy atom. The Balaban J connectivity index is 2.48. The third kappa shape index (κ3) is 3.85. The number of hydrogen-bond acceptors (Lipinski definition) is 6. The Kier molecular flexibility index (Phi) is 4.18. The Morgan fingerprint density at radius 3 is 2.56 bits per heavy atom. The van der Waals surface area contributed by atoms with E-state index in [1.54, 1.807) is 20.8 Å². The lowest BCUT2D eigenvalue weighted by Gasteiger charge is -2.21. The molecule has 0 aliphatic carbocycles. The number of carbonyl (C=O) groups is 2. The van der Waals surface area contributed by atoms with Crippen molar-refractivity contribution in [3.63, 3.8) is 0 Å². The van der Waals surface area contributed by atoms with Crippen LogP contribution in [0.3, 0.4) is 0 Å². The summed E-state index contributed by atoms with van der Waals surface area (Å²) in [4.78, 5) is 22.7. The second-order valence-corrected chi connectivity index (χ2v) is 5.13. The molecule has 1 heterocycles. The van der Waals surface area contributed by atoms with Gasteiger partial charge in [-0.3, -0.25) is 0 Å². The van der Waals surface area contributed by atoms with Crippen molar-refractivity contribution in [1.82, 2.24) is 5.32 Å². The van der Waals surface area contributed by atoms with Crippen LogP contribution in [-0.2, 0) is 19.0 Å². The number of methoxy groups -OCH3 is 1. The molecule has 1 amide bonds. The van der Waals surface area contributed by atoms with Crippen LogP contribution in [0.25, 0.3) is 0 Å². The van der Waals surface area contributed by atoms with Gasteiger partial charge in [0.25, 0.3) is 5.79 Å². The molecule has 1 saturated heterocycles. The molecular formula is C11H19NO6. The van der Waals surface area contributed by atoms with E-state index in [2.05, 4.69) is 10.1 Å². The number of amides is 1. The molecule has 1 aliphatic rings. The van der Waals surface area contributed by atoms with Gasteiger partial charge in [0.2, 0.25) is 0 Å². The van der Waals surface area contributed by atoms with Crippen LogP contribution in [0.4, 0.5) is 4.79 Å². The van der Waals surface area contributed by atoms with E-state index >= 15 is 0 Å². The molecule has 0 aromatic carbocycles. The van der Waals surface area contributed by atoms with Crippen LogP contribution in [0, 0.1) is 0 Å². The van der Waals surface area contributed by atoms with Crippen LogP contribution in [0.15, 0.2) is 0 Å². The summed E-state index contributed by atoms with van der Waals surface area (Å²) in [5.41, 5.74) is -0.609. The lowest BCUT2D eigenvalue weighted by molar-refractivity contribution is -0.209. The topological polar surface area (TPSA) is 94.1 Å². The summed E-state index contributed by atoms with van der Waals surface area (Å²) >= 11 is 0. The first-order valence-electron chi connectivity index (χ1n) is 5.60. The zero-order chi connectivity index (χ0) is 14.0. The Bertz CT molecular complexity index is 337. The maximum absolute atomic E-state index is 11.5. The maximum Gasteiger partial charge on any atom is 0.407 e. The Hall–Kier alpha value is -1.34. The fraction of sp³-hybridized carbons (Fsp3) is 0.818. The molecule has 2 N–H and O–H groups in total. The van der Waals surface area contributed by atoms with Crippen molar-refractivity contribution >= 4 is 12.1 Å². The van der Waals surface area contributed by atoms with Crippen molar-refractivity contribution in [2.45, 2.75) is 44.6 Å². The second-order valence-electron chi connectivity index (χ2n) is 5.13. The first-order valence-corrected chi connectivity index (χ1v) is 5.60. The Labute approximate surface area is 105 Å². The molecule has 7 heteroatoms. The molecular weight excluding hydrogens is 242 g/mol. The quantitative estimate of drug-likeness (QED) is 0.688. The molecule has 2 unspecified atom stereocenters. The highest BCUT2D eigenvalue weighted by Gasteiger charge is 2.47. The van der Waals surface area contributed by atoms with Crippen molar-refractivity contribution in [1.29, 1.82) is 0 Å². The van der Waals surface area contributed by atoms with Gasteiger partial charge < -0.3 is 24.6 Å². The summed E-state index contributed by atoms with van der Waals surface area (Å²) in [5.74, 6) is -2.87. The molecule has 2 atom stereocenters. The Morgan fingerprint density at radius 2 is 2.06 bits per heavy atom. The van der Waals surface area contributed by atoms with E-state index in [0.717, 1.165) is 7.11 Å². The van der Waals surface area contributed by atoms with Gasteiger partial charge in [-0.1, -0.05) is 0 Å². The summed E-state index contributed by atoms with van der Waals surface area (Å²) in [6, 6.07) is -0.496. The highest BCUT2D eigenvalue weighted by Crippen LogP contribution is 2.24. The molecule has 18 heavy (non-hydrogen) atoms. The third-order valence-electron chi connectivity index (χ3n) is 2.27. The smallest absolute Gasteiger partial charge is 0.407 e. The number of hydrogen-bond donors (Lipinski definition) is 2. The highest BCUT2D eigenvalue weighted by molar-refractivity contribution is 5.78. The van der Waals surface area contributed by atoms with Crippen molar-refractivity contribution < 1.29 is 28.9 Å². The van der Waals surface area contributed by atoms with Gasteiger partial charge in [0.15, 0.2) is 0 Å². The molecule has 1 aliphatic heterocycles. The predicted molar refractivity (Wildman–Crippen MR) is 60.7 cm³/mol. The van der Waals surface area contributed by atoms with Crippen LogP contribution in [0.2, 0.25) is 0 Å². The van der Waals surface area contributed by atoms with Gasteiger partial charge in [0, 0.05) is 6.42 Å². The summed E-state index contributed by atoms with van der Waals surface area (Å²) in [6.45, 7) is 5.23. The molecule has 0 aromatic rings. The normalized spacial score (nSPS) is 27.7. The van der Waals surface area contributed by atoms with Crippen molar-refractivity contribution in [3.8, 4) is 0 Å². The van der Waals surface area contributed by atoms with Crippen molar-refractivity contribution in [2.75, 3.05) is 13.7 Å². The van der Waals surface area contributed by atoms with E-state index in [-0.39, 0.29) is 13.0 Å². The standard InChI is InChI=1S/C11H19NO6/c1-10(2,3)18-9(14)12-7-5-11(15,17-6-7)8(13)16-4/h7,15H,5-6H2,1-4H3,(H,12,14). The van der Waals surface area contributed by atoms with Crippen LogP contribution in [0.1, 0.15) is 27.2 Å². The van der Waals surface area contributed by atoms with Gasteiger partial charge in [0.05, 0.1) is 19.8 Å². The van der Waals surface area contributed by atoms with E-state index in [9.17, 15) is 14.7 Å². The maximum atomic E-state index is 11.5. The van der Waals surface area contributed by atoms with Gasteiger partial charge in [-0.05, 0) is 20.8 Å². The van der Waals surface area contributed by atoms with Gasteiger partial charge in [-0.15, -0.1) is 0 Å². The SMILES string of the molecule is COC(=O)C1(O)CC(NC(=O)OC(C)(C)C)CO1. The number of esters is 1. The van der Waals surface area contributed by atoms with Crippen LogP contribution < -0.4 is 5.32 Å². The van der Waals surface area contributed by atoms with Gasteiger partial charge in [-0.25, -0.2) is 9.59 Å². The molecule has 0 bridgehead atoms. The average Bonchev–Trinajstić information content (AvgIpc) is 2.57. The van der Waals surface area contributed by atoms with Gasteiger partial charge in [0.1, 0.15) is 5.60 Å². The van der Waals surface area contributed by atoms with Crippen LogP contribution in [0.5, 0.6) is 0 Å². The van der Waals surface area contributed by atoms with E-state index in [1.165, 1.54) is 0 Å². The summed E-state index contributed by atoms with van der Waals surface area (Å²) < 4.78 is 14.4. The van der Waals surface area contributed by atoms with Gasteiger partial charge >= 0.3 is 12.1 Å². The molecule has 0 aromatic heterocycles. The minimum Gasteiger partial charge on any atom is -0.465 e. The molecule has 1 fully saturated rings. The summed E-state index contributed by atoms with van der Waals surface area (Å²) in [7, 11) is 1.15. The fourth-order valence-corrected chi connectivity index (χ4v) is 1.56. The fourth-order valence-electron chi connectivity index (χ4n) is 1.56. The molecule has 0 radical (unpaired) electrons. The largest absolute Gasteiger partial charge is 0.465 e. The minimum atomic E-state index is -1.99. The monoisotopic (exact) mass is 261 g/mol. The van der Waals surface area contributed by atoms with Crippen LogP contribution in [-0.4, -0.2) is 48.3 Å². The van der Waals surface area contributed by atoms with Gasteiger partial charge in [-0.2, -0.15) is 0 Å². The van der Waals surface area contributed by atoms with Crippen molar-refractivity contribution in [2.24, 2.45) is 0 Å². The third-order valence-corrected chi connectivity index (χ3v) is 2.27. The number of ether oxygens (including phenoxy) is 3. The molecule has 7 nitrogen and oxygen atoms in total. The highest BCUT2D eigenvalue weighted by atomic mass is 16.7. The number of aliphatic hydroxyl groups is 1. The average molecular weight is 261 g/mol. The summed E-state index contributed by atoms with van der Waals surface area (Å²) in [5, 5.41) is 12.3. The lowest BCUT2D eigenvalue weighted by Crippen LogP contribution is -2.42. The molecule has 0 saturated carbocycles. The first-order chi connectivity index (χ1) is 8.16. The zero-order valence-corrected chi connectivity index (χ0v) is 11.0. The molecule has 104 valence electrons. The van der Waals surface area contributed by atoms with E-state index < -0.39 is 29.5 Å². The summed E-state index contributed by atoms with van der Waals surface area (Å²) in [6.07, 6.45) is -0.691. The number of nitrogens with one attached hydrogen (secondary N) is 1. The predicted octanol–water partition coefficient (Wildman–Crippen LogP) is 0.162. The van der Waals surface area contributed by atoms with Crippen LogP contribution >= 0.6 is 0 Å². The minimum absolute atomic E-state index is 0.0187. The van der Waals surface area contributed by atoms with E-state index in [0.29, 0.717) is 0 Å². The molecule has 0 spiro atoms. The van der Waals surface area contributed by atoms with Crippen molar-refractivity contribution in [3.05, 3.63) is 0 Å². The lowest BCUT2D eigenvalue weighted by atomic mass is 10.1. The van der Waals surface area contributed by atoms with E-state index in [4.69, 9.17) is 9.47 Å². The second kappa shape index (κ2) is 5.11. The van der Waals surface area contributed by atoms with E-state index in [1.807, 2.05) is 0 Å². The number of alkyl carbamates (subject to hydrolysis) is 1. The zero-order valence-electron chi connectivity index (χ0n) is 11.0. The number of rotatable bonds is 2. The number of carbonyl (C=O) groups excluding carboxylic acids is 2.